The fraction of sp³-hybridized carbons (Fsp3) is 0.333. The van der Waals surface area contributed by atoms with Gasteiger partial charge in [0.25, 0.3) is 5.91 Å². The Morgan fingerprint density at radius 1 is 1.14 bits per heavy atom. The average molecular weight is 377 g/mol. The van der Waals surface area contributed by atoms with Crippen LogP contribution in [0.1, 0.15) is 33.5 Å². The minimum absolute atomic E-state index is 0.134. The molecule has 1 aromatic carbocycles. The van der Waals surface area contributed by atoms with Crippen LogP contribution in [-0.4, -0.2) is 47.6 Å². The zero-order valence-electron chi connectivity index (χ0n) is 16.3. The second-order valence-electron chi connectivity index (χ2n) is 6.95. The average Bonchev–Trinajstić information content (AvgIpc) is 2.71. The molecule has 0 radical (unpaired) electrons. The van der Waals surface area contributed by atoms with Crippen LogP contribution in [-0.2, 0) is 4.74 Å². The van der Waals surface area contributed by atoms with Gasteiger partial charge in [0.05, 0.1) is 29.9 Å². The van der Waals surface area contributed by atoms with E-state index in [4.69, 9.17) is 9.72 Å². The van der Waals surface area contributed by atoms with E-state index in [1.807, 2.05) is 50.2 Å². The first-order chi connectivity index (χ1) is 13.5. The van der Waals surface area contributed by atoms with E-state index in [0.717, 1.165) is 34.5 Å². The molecular weight excluding hydrogens is 354 g/mol. The summed E-state index contributed by atoms with van der Waals surface area (Å²) in [6, 6.07) is 11.4. The molecule has 0 spiro atoms. The summed E-state index contributed by atoms with van der Waals surface area (Å²) in [5, 5.41) is 3.54. The molecule has 2 aromatic heterocycles. The third-order valence-electron chi connectivity index (χ3n) is 4.86. The fourth-order valence-electron chi connectivity index (χ4n) is 3.54. The molecule has 0 bridgehead atoms. The normalized spacial score (nSPS) is 17.0. The summed E-state index contributed by atoms with van der Waals surface area (Å²) in [5.41, 5.74) is 4.01. The van der Waals surface area contributed by atoms with E-state index < -0.39 is 0 Å². The van der Waals surface area contributed by atoms with Crippen LogP contribution in [0.15, 0.2) is 36.4 Å². The molecule has 1 amide bonds. The first-order valence-electron chi connectivity index (χ1n) is 9.36. The molecule has 1 saturated heterocycles. The predicted octanol–water partition coefficient (Wildman–Crippen LogP) is 2.58. The summed E-state index contributed by atoms with van der Waals surface area (Å²) in [6.07, 6.45) is -0.258. The molecule has 0 saturated carbocycles. The van der Waals surface area contributed by atoms with Gasteiger partial charge >= 0.3 is 0 Å². The summed E-state index contributed by atoms with van der Waals surface area (Å²) in [4.78, 5) is 28.4. The minimum Gasteiger partial charge on any atom is -0.368 e. The maximum atomic E-state index is 12.4. The van der Waals surface area contributed by atoms with Crippen molar-refractivity contribution >= 4 is 22.8 Å². The van der Waals surface area contributed by atoms with Crippen LogP contribution in [0.4, 0.5) is 5.95 Å². The SMILES string of the molecule is CNC(=O)c1cc([C@@H]2CN(c3nc(C)cc(C)n3)CCO2)nc2ccccc12. The van der Waals surface area contributed by atoms with E-state index in [1.54, 1.807) is 7.05 Å². The fourth-order valence-corrected chi connectivity index (χ4v) is 3.54. The number of aromatic nitrogens is 3. The standard InChI is InChI=1S/C21H23N5O2/c1-13-10-14(2)24-21(23-13)26-8-9-28-19(12-26)18-11-16(20(27)22-3)15-6-4-5-7-17(15)25-18/h4-7,10-11,19H,8-9,12H2,1-3H3,(H,22,27)/t19-/m0/s1. The van der Waals surface area contributed by atoms with Gasteiger partial charge in [-0.15, -0.1) is 0 Å². The Kier molecular flexibility index (Phi) is 4.92. The van der Waals surface area contributed by atoms with Crippen LogP contribution in [0.3, 0.4) is 0 Å². The van der Waals surface area contributed by atoms with E-state index in [-0.39, 0.29) is 12.0 Å². The van der Waals surface area contributed by atoms with Crippen LogP contribution < -0.4 is 10.2 Å². The van der Waals surface area contributed by atoms with Gasteiger partial charge < -0.3 is 15.0 Å². The lowest BCUT2D eigenvalue weighted by Gasteiger charge is -2.33. The second kappa shape index (κ2) is 7.52. The number of carbonyl (C=O) groups excluding carboxylic acids is 1. The maximum Gasteiger partial charge on any atom is 0.251 e. The highest BCUT2D eigenvalue weighted by molar-refractivity contribution is 6.06. The molecule has 0 unspecified atom stereocenters. The molecule has 1 N–H and O–H groups in total. The first-order valence-corrected chi connectivity index (χ1v) is 9.36. The quantitative estimate of drug-likeness (QED) is 0.756. The Labute approximate surface area is 163 Å². The highest BCUT2D eigenvalue weighted by Crippen LogP contribution is 2.27. The van der Waals surface area contributed by atoms with E-state index in [2.05, 4.69) is 20.2 Å². The summed E-state index contributed by atoms with van der Waals surface area (Å²) in [7, 11) is 1.63. The van der Waals surface area contributed by atoms with Crippen molar-refractivity contribution in [2.45, 2.75) is 20.0 Å². The summed E-state index contributed by atoms with van der Waals surface area (Å²) in [5.74, 6) is 0.572. The van der Waals surface area contributed by atoms with Gasteiger partial charge in [-0.1, -0.05) is 18.2 Å². The number of rotatable bonds is 3. The number of benzene rings is 1. The third-order valence-corrected chi connectivity index (χ3v) is 4.86. The topological polar surface area (TPSA) is 80.2 Å². The molecule has 1 aliphatic rings. The van der Waals surface area contributed by atoms with E-state index in [1.165, 1.54) is 0 Å². The van der Waals surface area contributed by atoms with Gasteiger partial charge in [0.2, 0.25) is 5.95 Å². The lowest BCUT2D eigenvalue weighted by atomic mass is 10.0. The lowest BCUT2D eigenvalue weighted by molar-refractivity contribution is 0.0366. The number of anilines is 1. The Morgan fingerprint density at radius 3 is 2.64 bits per heavy atom. The largest absolute Gasteiger partial charge is 0.368 e. The van der Waals surface area contributed by atoms with Gasteiger partial charge in [-0.2, -0.15) is 0 Å². The molecule has 1 aliphatic heterocycles. The number of ether oxygens (including phenoxy) is 1. The molecule has 1 atom stereocenters. The van der Waals surface area contributed by atoms with E-state index in [0.29, 0.717) is 24.7 Å². The molecular formula is C21H23N5O2. The van der Waals surface area contributed by atoms with Crippen LogP contribution in [0, 0.1) is 13.8 Å². The number of amides is 1. The summed E-state index contributed by atoms with van der Waals surface area (Å²) in [6.45, 7) is 5.79. The molecule has 144 valence electrons. The zero-order chi connectivity index (χ0) is 19.7. The summed E-state index contributed by atoms with van der Waals surface area (Å²) < 4.78 is 6.00. The van der Waals surface area contributed by atoms with Crippen molar-refractivity contribution in [3.05, 3.63) is 59.0 Å². The van der Waals surface area contributed by atoms with Gasteiger partial charge in [-0.25, -0.2) is 15.0 Å². The number of nitrogens with one attached hydrogen (secondary N) is 1. The van der Waals surface area contributed by atoms with Crippen molar-refractivity contribution in [1.29, 1.82) is 0 Å². The number of pyridine rings is 1. The van der Waals surface area contributed by atoms with Crippen molar-refractivity contribution in [2.75, 3.05) is 31.6 Å². The van der Waals surface area contributed by atoms with Gasteiger partial charge in [0, 0.05) is 30.4 Å². The number of aryl methyl sites for hydroxylation is 2. The smallest absolute Gasteiger partial charge is 0.251 e. The highest BCUT2D eigenvalue weighted by Gasteiger charge is 2.26. The molecule has 7 heteroatoms. The highest BCUT2D eigenvalue weighted by atomic mass is 16.5. The number of hydrogen-bond acceptors (Lipinski definition) is 6. The Bertz CT molecular complexity index is 1020. The van der Waals surface area contributed by atoms with Crippen molar-refractivity contribution in [3.8, 4) is 0 Å². The number of morpholine rings is 1. The Hall–Kier alpha value is -3.06. The molecule has 4 rings (SSSR count). The molecule has 0 aliphatic carbocycles. The zero-order valence-corrected chi connectivity index (χ0v) is 16.3. The van der Waals surface area contributed by atoms with Crippen molar-refractivity contribution in [2.24, 2.45) is 0 Å². The van der Waals surface area contributed by atoms with Gasteiger partial charge in [0.15, 0.2) is 0 Å². The molecule has 28 heavy (non-hydrogen) atoms. The number of para-hydroxylation sites is 1. The predicted molar refractivity (Wildman–Crippen MR) is 108 cm³/mol. The molecule has 7 nitrogen and oxygen atoms in total. The Morgan fingerprint density at radius 2 is 1.89 bits per heavy atom. The van der Waals surface area contributed by atoms with Gasteiger partial charge in [-0.05, 0) is 32.0 Å². The van der Waals surface area contributed by atoms with Gasteiger partial charge in [0.1, 0.15) is 6.10 Å². The van der Waals surface area contributed by atoms with E-state index >= 15 is 0 Å². The Balaban J connectivity index is 1.70. The lowest BCUT2D eigenvalue weighted by Crippen LogP contribution is -2.40. The third kappa shape index (κ3) is 3.53. The van der Waals surface area contributed by atoms with Crippen LogP contribution in [0.2, 0.25) is 0 Å². The number of nitrogens with zero attached hydrogens (tertiary/aromatic N) is 4. The monoisotopic (exact) mass is 377 g/mol. The van der Waals surface area contributed by atoms with Crippen LogP contribution in [0.5, 0.6) is 0 Å². The molecule has 3 heterocycles. The van der Waals surface area contributed by atoms with Gasteiger partial charge in [-0.3, -0.25) is 4.79 Å². The first kappa shape index (κ1) is 18.3. The van der Waals surface area contributed by atoms with E-state index in [9.17, 15) is 4.79 Å². The minimum atomic E-state index is -0.258. The van der Waals surface area contributed by atoms with Crippen LogP contribution >= 0.6 is 0 Å². The van der Waals surface area contributed by atoms with Crippen molar-refractivity contribution in [3.63, 3.8) is 0 Å². The van der Waals surface area contributed by atoms with Crippen molar-refractivity contribution in [1.82, 2.24) is 20.3 Å². The number of carbonyl (C=O) groups is 1. The number of fused-ring (bicyclic) bond motifs is 1. The second-order valence-corrected chi connectivity index (χ2v) is 6.95. The number of hydrogen-bond donors (Lipinski definition) is 1. The molecule has 3 aromatic rings. The van der Waals surface area contributed by atoms with Crippen molar-refractivity contribution < 1.29 is 9.53 Å². The van der Waals surface area contributed by atoms with Crippen LogP contribution in [0.25, 0.3) is 10.9 Å². The summed E-state index contributed by atoms with van der Waals surface area (Å²) >= 11 is 0. The molecule has 1 fully saturated rings. The maximum absolute atomic E-state index is 12.4.